The van der Waals surface area contributed by atoms with Crippen molar-refractivity contribution in [3.05, 3.63) is 58.9 Å². The lowest BCUT2D eigenvalue weighted by molar-refractivity contribution is -0.136. The molecule has 1 aromatic carbocycles. The SMILES string of the molecule is O=C(O)CCc1csc2nc(Cc3ccccc3)cn12. The van der Waals surface area contributed by atoms with Gasteiger partial charge in [-0.3, -0.25) is 9.20 Å². The number of rotatable bonds is 5. The Hall–Kier alpha value is -2.14. The Morgan fingerprint density at radius 2 is 2.10 bits per heavy atom. The third-order valence-electron chi connectivity index (χ3n) is 3.16. The molecule has 0 spiro atoms. The number of nitrogens with zero attached hydrogens (tertiary/aromatic N) is 2. The van der Waals surface area contributed by atoms with E-state index in [2.05, 4.69) is 17.1 Å². The van der Waals surface area contributed by atoms with Gasteiger partial charge in [-0.2, -0.15) is 0 Å². The molecule has 3 rings (SSSR count). The summed E-state index contributed by atoms with van der Waals surface area (Å²) in [5.41, 5.74) is 3.25. The number of aliphatic carboxylic acids is 1. The molecule has 0 amide bonds. The molecule has 0 aliphatic carbocycles. The summed E-state index contributed by atoms with van der Waals surface area (Å²) in [4.78, 5) is 16.2. The van der Waals surface area contributed by atoms with E-state index in [0.717, 1.165) is 22.8 Å². The maximum Gasteiger partial charge on any atom is 0.303 e. The number of carbonyl (C=O) groups is 1. The summed E-state index contributed by atoms with van der Waals surface area (Å²) in [7, 11) is 0. The number of aryl methyl sites for hydroxylation is 1. The van der Waals surface area contributed by atoms with E-state index in [1.807, 2.05) is 34.2 Å². The zero-order valence-corrected chi connectivity index (χ0v) is 11.6. The van der Waals surface area contributed by atoms with Gasteiger partial charge in [0.1, 0.15) is 0 Å². The maximum absolute atomic E-state index is 10.7. The minimum atomic E-state index is -0.769. The van der Waals surface area contributed by atoms with E-state index in [4.69, 9.17) is 5.11 Å². The summed E-state index contributed by atoms with van der Waals surface area (Å²) in [5.74, 6) is -0.769. The highest BCUT2D eigenvalue weighted by molar-refractivity contribution is 7.15. The highest BCUT2D eigenvalue weighted by atomic mass is 32.1. The highest BCUT2D eigenvalue weighted by Gasteiger charge is 2.09. The topological polar surface area (TPSA) is 54.6 Å². The van der Waals surface area contributed by atoms with E-state index in [-0.39, 0.29) is 6.42 Å². The van der Waals surface area contributed by atoms with Crippen LogP contribution in [0.15, 0.2) is 41.9 Å². The van der Waals surface area contributed by atoms with Gasteiger partial charge in [0.05, 0.1) is 12.1 Å². The van der Waals surface area contributed by atoms with Crippen LogP contribution in [0.1, 0.15) is 23.4 Å². The van der Waals surface area contributed by atoms with Crippen molar-refractivity contribution in [3.8, 4) is 0 Å². The van der Waals surface area contributed by atoms with Crippen LogP contribution in [0, 0.1) is 0 Å². The largest absolute Gasteiger partial charge is 0.481 e. The molecule has 0 aliphatic heterocycles. The molecule has 3 aromatic rings. The molecule has 0 atom stereocenters. The number of hydrogen-bond acceptors (Lipinski definition) is 3. The van der Waals surface area contributed by atoms with Crippen LogP contribution in [0.2, 0.25) is 0 Å². The number of hydrogen-bond donors (Lipinski definition) is 1. The standard InChI is InChI=1S/C15H14N2O2S/c18-14(19)7-6-13-10-20-15-16-12(9-17(13)15)8-11-4-2-1-3-5-11/h1-5,9-10H,6-8H2,(H,18,19). The van der Waals surface area contributed by atoms with Crippen LogP contribution < -0.4 is 0 Å². The van der Waals surface area contributed by atoms with Crippen molar-refractivity contribution in [1.29, 1.82) is 0 Å². The highest BCUT2D eigenvalue weighted by Crippen LogP contribution is 2.19. The molecule has 2 aromatic heterocycles. The van der Waals surface area contributed by atoms with Crippen molar-refractivity contribution in [2.24, 2.45) is 0 Å². The van der Waals surface area contributed by atoms with Crippen LogP contribution in [0.5, 0.6) is 0 Å². The average Bonchev–Trinajstić information content (AvgIpc) is 2.97. The van der Waals surface area contributed by atoms with Crippen molar-refractivity contribution < 1.29 is 9.90 Å². The minimum Gasteiger partial charge on any atom is -0.481 e. The molecule has 0 saturated heterocycles. The summed E-state index contributed by atoms with van der Waals surface area (Å²) in [5, 5.41) is 10.7. The second-order valence-electron chi connectivity index (χ2n) is 4.67. The third-order valence-corrected chi connectivity index (χ3v) is 4.05. The van der Waals surface area contributed by atoms with E-state index in [1.165, 1.54) is 5.56 Å². The van der Waals surface area contributed by atoms with Gasteiger partial charge in [-0.1, -0.05) is 30.3 Å². The Morgan fingerprint density at radius 3 is 2.85 bits per heavy atom. The van der Waals surface area contributed by atoms with Crippen molar-refractivity contribution in [3.63, 3.8) is 0 Å². The zero-order valence-electron chi connectivity index (χ0n) is 10.8. The van der Waals surface area contributed by atoms with Crippen LogP contribution in [-0.4, -0.2) is 20.5 Å². The maximum atomic E-state index is 10.7. The van der Waals surface area contributed by atoms with Gasteiger partial charge in [0, 0.05) is 23.7 Å². The Balaban J connectivity index is 1.82. The quantitative estimate of drug-likeness (QED) is 0.784. The van der Waals surface area contributed by atoms with E-state index in [0.29, 0.717) is 6.42 Å². The Morgan fingerprint density at radius 1 is 1.30 bits per heavy atom. The number of imidazole rings is 1. The lowest BCUT2D eigenvalue weighted by atomic mass is 10.1. The first-order valence-electron chi connectivity index (χ1n) is 6.42. The third kappa shape index (κ3) is 2.72. The molecular formula is C15H14N2O2S. The summed E-state index contributed by atoms with van der Waals surface area (Å²) in [6.45, 7) is 0. The number of carboxylic acids is 1. The molecule has 0 radical (unpaired) electrons. The van der Waals surface area contributed by atoms with Crippen LogP contribution >= 0.6 is 11.3 Å². The molecule has 0 aliphatic rings. The van der Waals surface area contributed by atoms with Crippen molar-refractivity contribution in [1.82, 2.24) is 9.38 Å². The second-order valence-corrected chi connectivity index (χ2v) is 5.50. The van der Waals surface area contributed by atoms with Gasteiger partial charge in [0.25, 0.3) is 0 Å². The van der Waals surface area contributed by atoms with Crippen LogP contribution in [0.3, 0.4) is 0 Å². The Labute approximate surface area is 120 Å². The van der Waals surface area contributed by atoms with Gasteiger partial charge < -0.3 is 5.11 Å². The molecule has 0 fully saturated rings. The lowest BCUT2D eigenvalue weighted by Crippen LogP contribution is -1.99. The van der Waals surface area contributed by atoms with Gasteiger partial charge in [-0.25, -0.2) is 4.98 Å². The molecule has 20 heavy (non-hydrogen) atoms. The van der Waals surface area contributed by atoms with E-state index >= 15 is 0 Å². The number of aromatic nitrogens is 2. The first-order chi connectivity index (χ1) is 9.72. The average molecular weight is 286 g/mol. The normalized spacial score (nSPS) is 11.0. The number of fused-ring (bicyclic) bond motifs is 1. The molecule has 0 bridgehead atoms. The number of thiazole rings is 1. The smallest absolute Gasteiger partial charge is 0.303 e. The lowest BCUT2D eigenvalue weighted by Gasteiger charge is -1.97. The first-order valence-corrected chi connectivity index (χ1v) is 7.30. The van der Waals surface area contributed by atoms with E-state index < -0.39 is 5.97 Å². The van der Waals surface area contributed by atoms with Crippen LogP contribution in [-0.2, 0) is 17.6 Å². The van der Waals surface area contributed by atoms with Crippen LogP contribution in [0.25, 0.3) is 4.96 Å². The number of benzene rings is 1. The monoisotopic (exact) mass is 286 g/mol. The summed E-state index contributed by atoms with van der Waals surface area (Å²) >= 11 is 1.56. The minimum absolute atomic E-state index is 0.151. The molecule has 1 N–H and O–H groups in total. The van der Waals surface area contributed by atoms with E-state index in [1.54, 1.807) is 11.3 Å². The van der Waals surface area contributed by atoms with Gasteiger partial charge in [-0.05, 0) is 12.0 Å². The van der Waals surface area contributed by atoms with Gasteiger partial charge in [0.2, 0.25) is 0 Å². The van der Waals surface area contributed by atoms with Crippen molar-refractivity contribution in [2.75, 3.05) is 0 Å². The molecule has 0 unspecified atom stereocenters. The molecular weight excluding hydrogens is 272 g/mol. The van der Waals surface area contributed by atoms with Crippen LogP contribution in [0.4, 0.5) is 0 Å². The summed E-state index contributed by atoms with van der Waals surface area (Å²) in [6.07, 6.45) is 3.50. The second kappa shape index (κ2) is 5.46. The van der Waals surface area contributed by atoms with Crippen molar-refractivity contribution >= 4 is 22.3 Å². The predicted octanol–water partition coefficient (Wildman–Crippen LogP) is 3.00. The molecule has 102 valence electrons. The molecule has 5 heteroatoms. The molecule has 4 nitrogen and oxygen atoms in total. The molecule has 0 saturated carbocycles. The summed E-state index contributed by atoms with van der Waals surface area (Å²) in [6, 6.07) is 10.2. The first kappa shape index (κ1) is 12.9. The summed E-state index contributed by atoms with van der Waals surface area (Å²) < 4.78 is 2.01. The van der Waals surface area contributed by atoms with Gasteiger partial charge >= 0.3 is 5.97 Å². The Bertz CT molecular complexity index is 731. The van der Waals surface area contributed by atoms with E-state index in [9.17, 15) is 4.79 Å². The number of carboxylic acid groups (broad SMARTS) is 1. The van der Waals surface area contributed by atoms with Crippen molar-refractivity contribution in [2.45, 2.75) is 19.3 Å². The Kier molecular flexibility index (Phi) is 3.52. The fraction of sp³-hybridized carbons (Fsp3) is 0.200. The van der Waals surface area contributed by atoms with Gasteiger partial charge in [-0.15, -0.1) is 11.3 Å². The van der Waals surface area contributed by atoms with Gasteiger partial charge in [0.15, 0.2) is 4.96 Å². The predicted molar refractivity (Wildman–Crippen MR) is 78.3 cm³/mol. The molecule has 2 heterocycles. The fourth-order valence-corrected chi connectivity index (χ4v) is 3.11. The zero-order chi connectivity index (χ0) is 13.9. The fourth-order valence-electron chi connectivity index (χ4n) is 2.18.